The van der Waals surface area contributed by atoms with Gasteiger partial charge in [-0.05, 0) is 249 Å². The molecule has 5 aliphatic heterocycles. The van der Waals surface area contributed by atoms with Crippen LogP contribution in [0.3, 0.4) is 0 Å². The topological polar surface area (TPSA) is 56.9 Å². The maximum absolute atomic E-state index is 13.0. The van der Waals surface area contributed by atoms with Crippen LogP contribution in [-0.4, -0.2) is 137 Å². The summed E-state index contributed by atoms with van der Waals surface area (Å²) in [6, 6.07) is 59.8. The van der Waals surface area contributed by atoms with Crippen molar-refractivity contribution in [1.82, 2.24) is 0 Å². The maximum Gasteiger partial charge on any atom is 0.573 e. The lowest BCUT2D eigenvalue weighted by molar-refractivity contribution is -0.275. The highest BCUT2D eigenvalue weighted by molar-refractivity contribution is 5.60. The molecule has 5 aliphatic rings. The Kier molecular flexibility index (Phi) is 24.7. The third-order valence-electron chi connectivity index (χ3n) is 22.1. The van der Waals surface area contributed by atoms with Crippen LogP contribution in [0.2, 0.25) is 0 Å². The molecule has 15 rings (SSSR count). The fourth-order valence-electron chi connectivity index (χ4n) is 14.3. The molecule has 0 saturated carbocycles. The van der Waals surface area contributed by atoms with Gasteiger partial charge in [0.05, 0.1) is 27.6 Å². The van der Waals surface area contributed by atoms with Gasteiger partial charge in [0, 0.05) is 180 Å². The van der Waals surface area contributed by atoms with Gasteiger partial charge in [-0.2, -0.15) is 26.3 Å². The molecule has 10 aromatic rings. The van der Waals surface area contributed by atoms with Crippen LogP contribution in [0.15, 0.2) is 243 Å². The lowest BCUT2D eigenvalue weighted by Crippen LogP contribution is -2.46. The minimum atomic E-state index is -4.98. The van der Waals surface area contributed by atoms with Crippen molar-refractivity contribution in [3.63, 3.8) is 0 Å². The summed E-state index contributed by atoms with van der Waals surface area (Å²) >= 11 is 0. The van der Waals surface area contributed by atoms with Crippen molar-refractivity contribution in [2.75, 3.05) is 162 Å². The van der Waals surface area contributed by atoms with Crippen molar-refractivity contribution in [1.29, 1.82) is 0 Å². The van der Waals surface area contributed by atoms with Gasteiger partial charge in [0.15, 0.2) is 0 Å². The van der Waals surface area contributed by atoms with Crippen molar-refractivity contribution in [2.24, 2.45) is 0 Å². The standard InChI is InChI=1S/C22H26F3N.3C21H25F3N2O.C21H25F3N2/c1-21(2,3)18-8-10-20(11-9-18)26-14-12-17(13-15-26)16-4-6-19(7-5-16)22(23,24)25;3*1-20(2,3)16-4-6-17(7-5-16)25-12-14-26(15-13-25)18-8-10-19(11-9-18)27-21(22,23)24;1-20(2,3)16-4-8-18(9-5-16)25-12-14-26(15-13-25)19-10-6-17(7-11-19)21(22,23)24/h4-11,17H,12-15H2,1-3H3;3*4-11H,12-15H2,1-3H3;4-11H,12-15H2,1-3H3/i2*12D2,13D2,14D2,15D2;14D2,15D2;;. The van der Waals surface area contributed by atoms with E-state index in [1.165, 1.54) is 71.0 Å². The minimum Gasteiger partial charge on any atom is -0.406 e. The number of anilines is 9. The Morgan fingerprint density at radius 1 is 0.203 bits per heavy atom. The van der Waals surface area contributed by atoms with Gasteiger partial charge in [-0.15, -0.1) is 39.5 Å². The average molecular weight is 1880 g/mol. The van der Waals surface area contributed by atoms with Crippen LogP contribution in [0, 0.1) is 0 Å². The highest BCUT2D eigenvalue weighted by Gasteiger charge is 2.37. The van der Waals surface area contributed by atoms with Crippen molar-refractivity contribution in [3.05, 3.63) is 287 Å². The summed E-state index contributed by atoms with van der Waals surface area (Å²) in [4.78, 5) is 12.8. The molecule has 0 aromatic heterocycles. The van der Waals surface area contributed by atoms with Crippen molar-refractivity contribution in [3.8, 4) is 17.2 Å². The van der Waals surface area contributed by atoms with Crippen LogP contribution in [0.25, 0.3) is 0 Å². The molecule has 5 saturated heterocycles. The number of piperidine rings is 1. The number of halogens is 15. The molecule has 12 nitrogen and oxygen atoms in total. The van der Waals surface area contributed by atoms with Gasteiger partial charge < -0.3 is 58.3 Å². The molecule has 0 spiro atoms. The molecule has 0 atom stereocenters. The third-order valence-corrected chi connectivity index (χ3v) is 22.1. The quantitative estimate of drug-likeness (QED) is 0.103. The number of nitrogens with zero attached hydrogens (tertiary/aromatic N) is 9. The fourth-order valence-corrected chi connectivity index (χ4v) is 14.3. The van der Waals surface area contributed by atoms with Crippen LogP contribution < -0.4 is 58.3 Å². The molecule has 0 radical (unpaired) electrons. The smallest absolute Gasteiger partial charge is 0.406 e. The Bertz CT molecular complexity index is 6030. The first-order chi connectivity index (χ1) is 69.6. The van der Waals surface area contributed by atoms with E-state index in [0.717, 1.165) is 146 Å². The highest BCUT2D eigenvalue weighted by Crippen LogP contribution is 2.40. The summed E-state index contributed by atoms with van der Waals surface area (Å²) < 4.78 is 371. The van der Waals surface area contributed by atoms with Gasteiger partial charge in [-0.1, -0.05) is 177 Å². The molecular formula is C106H126F15N9O3. The number of alkyl halides is 15. The molecule has 0 aliphatic carbocycles. The second-order valence-corrected chi connectivity index (χ2v) is 37.1. The van der Waals surface area contributed by atoms with Gasteiger partial charge in [0.25, 0.3) is 0 Å². The predicted molar refractivity (Wildman–Crippen MR) is 510 cm³/mol. The molecule has 27 heteroatoms. The lowest BCUT2D eigenvalue weighted by atomic mass is 9.86. The van der Waals surface area contributed by atoms with Crippen LogP contribution in [0.1, 0.15) is 194 Å². The molecule has 0 bridgehead atoms. The first-order valence-electron chi connectivity index (χ1n) is 53.1. The van der Waals surface area contributed by atoms with Gasteiger partial charge in [0.1, 0.15) is 17.2 Å². The molecule has 0 amide bonds. The number of ether oxygens (including phenoxy) is 3. The van der Waals surface area contributed by atoms with Crippen LogP contribution in [0.5, 0.6) is 17.2 Å². The monoisotopic (exact) mass is 1880 g/mol. The Labute approximate surface area is 802 Å². The zero-order valence-electron chi connectivity index (χ0n) is 96.7. The first kappa shape index (κ1) is 77.1. The average Bonchev–Trinajstić information content (AvgIpc) is 0.686. The van der Waals surface area contributed by atoms with Crippen molar-refractivity contribution in [2.45, 2.75) is 181 Å². The summed E-state index contributed by atoms with van der Waals surface area (Å²) in [5.41, 5.74) is 7.78. The van der Waals surface area contributed by atoms with E-state index in [0.29, 0.717) is 27.6 Å². The molecule has 5 heterocycles. The summed E-state index contributed by atoms with van der Waals surface area (Å²) in [6.07, 6.45) is -29.5. The summed E-state index contributed by atoms with van der Waals surface area (Å²) in [5.74, 6) is -3.32. The van der Waals surface area contributed by atoms with Crippen molar-refractivity contribution >= 4 is 51.2 Å². The van der Waals surface area contributed by atoms with Crippen LogP contribution in [-0.2, 0) is 39.4 Å². The second-order valence-electron chi connectivity index (χ2n) is 37.1. The van der Waals surface area contributed by atoms with Gasteiger partial charge in [0.2, 0.25) is 0 Å². The lowest BCUT2D eigenvalue weighted by Gasteiger charge is -2.37. The molecule has 0 N–H and O–H groups in total. The molecule has 5 fully saturated rings. The van der Waals surface area contributed by atoms with Gasteiger partial charge in [-0.3, -0.25) is 0 Å². The SMILES string of the molecule is CC(C)(C)c1ccc(N2CCN(c3ccc(C(F)(F)F)cc3)CC2)cc1.CC(C)(C)c1ccc(N2CCN(c3ccc(OC(F)(F)F)cc3)CC2)cc1.[2H]C1([2H])C(c2ccc(C(F)(F)F)cc2)C([2H])([2H])C([2H])([2H])N(c2ccc(C(C)(C)C)cc2)C1([2H])[2H].[2H]C1([2H])CN(c2ccc(C(C)(C)C)cc2)CC([2H])([2H])N1c1ccc(OC(F)(F)F)cc1.[2H]C1([2H])N(c2ccc(OC(F)(F)F)cc2)C([2H])([2H])C([2H])([2H])N(c2ccc(C(C)(C)C)cc2)C1([2H])[2H]. The maximum atomic E-state index is 13.0. The molecular weight excluding hydrogens is 1730 g/mol. The predicted octanol–water partition coefficient (Wildman–Crippen LogP) is 27.3. The minimum absolute atomic E-state index is 0.0393. The fraction of sp³-hybridized carbons (Fsp3) is 0.434. The number of piperazine rings is 4. The zero-order chi connectivity index (χ0) is 115. The van der Waals surface area contributed by atoms with E-state index >= 15 is 0 Å². The van der Waals surface area contributed by atoms with Gasteiger partial charge in [-0.25, -0.2) is 0 Å². The Morgan fingerprint density at radius 3 is 0.564 bits per heavy atom. The number of benzene rings is 10. The molecule has 10 aromatic carbocycles. The first-order valence-corrected chi connectivity index (χ1v) is 43.1. The summed E-state index contributed by atoms with van der Waals surface area (Å²) in [6.45, 7) is 14.7. The van der Waals surface area contributed by atoms with E-state index in [4.69, 9.17) is 27.4 Å². The summed E-state index contributed by atoms with van der Waals surface area (Å²) in [7, 11) is 0. The van der Waals surface area contributed by atoms with E-state index < -0.39 is 125 Å². The van der Waals surface area contributed by atoms with E-state index in [1.807, 2.05) is 65.8 Å². The number of rotatable bonds is 13. The van der Waals surface area contributed by atoms with E-state index in [-0.39, 0.29) is 79.1 Å². The Balaban J connectivity index is 0.000000182. The zero-order valence-corrected chi connectivity index (χ0v) is 76.7. The van der Waals surface area contributed by atoms with Crippen LogP contribution >= 0.6 is 0 Å². The number of hydrogen-bond donors (Lipinski definition) is 0. The Morgan fingerprint density at radius 2 is 0.368 bits per heavy atom. The third kappa shape index (κ3) is 30.6. The molecule has 0 unspecified atom stereocenters. The largest absolute Gasteiger partial charge is 0.573 e. The highest BCUT2D eigenvalue weighted by atomic mass is 19.4. The molecule has 133 heavy (non-hydrogen) atoms. The number of hydrogen-bond acceptors (Lipinski definition) is 12. The Hall–Kier alpha value is -11.3. The van der Waals surface area contributed by atoms with Gasteiger partial charge >= 0.3 is 31.4 Å². The van der Waals surface area contributed by atoms with E-state index in [1.54, 1.807) is 53.4 Å². The summed E-state index contributed by atoms with van der Waals surface area (Å²) in [5, 5.41) is 0. The van der Waals surface area contributed by atoms with Crippen LogP contribution in [0.4, 0.5) is 117 Å². The molecule has 718 valence electrons. The second kappa shape index (κ2) is 42.5. The van der Waals surface area contributed by atoms with E-state index in [9.17, 15) is 65.9 Å². The van der Waals surface area contributed by atoms with Crippen molar-refractivity contribution < 1.29 is 107 Å². The normalized spacial score (nSPS) is 22.0. The van der Waals surface area contributed by atoms with E-state index in [2.05, 4.69) is 145 Å².